The second-order valence-corrected chi connectivity index (χ2v) is 5.25. The Morgan fingerprint density at radius 1 is 1.45 bits per heavy atom. The van der Waals surface area contributed by atoms with Gasteiger partial charge >= 0.3 is 0 Å². The normalized spacial score (nSPS) is 11.1. The first-order valence-corrected chi connectivity index (χ1v) is 6.86. The standard InChI is InChI=1S/C13H18ClN5O/c1-9(2)19-13(20)12(14)11(8-16-19)15-6-4-10-5-7-18(3)17-10/h5,7-9,15H,4,6H2,1-3H3. The summed E-state index contributed by atoms with van der Waals surface area (Å²) in [5, 5.41) is 11.7. The molecule has 108 valence electrons. The van der Waals surface area contributed by atoms with E-state index < -0.39 is 0 Å². The van der Waals surface area contributed by atoms with Gasteiger partial charge in [0.2, 0.25) is 0 Å². The van der Waals surface area contributed by atoms with E-state index in [-0.39, 0.29) is 16.6 Å². The van der Waals surface area contributed by atoms with Gasteiger partial charge in [-0.15, -0.1) is 0 Å². The van der Waals surface area contributed by atoms with Crippen molar-refractivity contribution in [2.24, 2.45) is 7.05 Å². The van der Waals surface area contributed by atoms with E-state index >= 15 is 0 Å². The summed E-state index contributed by atoms with van der Waals surface area (Å²) in [6, 6.07) is 1.95. The van der Waals surface area contributed by atoms with Crippen molar-refractivity contribution < 1.29 is 0 Å². The Morgan fingerprint density at radius 2 is 2.20 bits per heavy atom. The van der Waals surface area contributed by atoms with Crippen molar-refractivity contribution in [1.29, 1.82) is 0 Å². The zero-order valence-electron chi connectivity index (χ0n) is 11.8. The predicted octanol–water partition coefficient (Wildman–Crippen LogP) is 1.87. The zero-order chi connectivity index (χ0) is 14.7. The maximum Gasteiger partial charge on any atom is 0.287 e. The van der Waals surface area contributed by atoms with Crippen molar-refractivity contribution in [3.8, 4) is 0 Å². The van der Waals surface area contributed by atoms with Gasteiger partial charge in [0.1, 0.15) is 5.02 Å². The van der Waals surface area contributed by atoms with E-state index in [2.05, 4.69) is 15.5 Å². The number of halogens is 1. The maximum absolute atomic E-state index is 12.0. The van der Waals surface area contributed by atoms with E-state index in [0.29, 0.717) is 12.2 Å². The fourth-order valence-corrected chi connectivity index (χ4v) is 2.06. The lowest BCUT2D eigenvalue weighted by atomic mass is 10.3. The van der Waals surface area contributed by atoms with E-state index in [9.17, 15) is 4.79 Å². The van der Waals surface area contributed by atoms with Gasteiger partial charge in [-0.25, -0.2) is 4.68 Å². The topological polar surface area (TPSA) is 64.7 Å². The van der Waals surface area contributed by atoms with Gasteiger partial charge in [-0.1, -0.05) is 11.6 Å². The molecule has 0 aliphatic rings. The first kappa shape index (κ1) is 14.6. The van der Waals surface area contributed by atoms with Crippen LogP contribution in [0, 0.1) is 0 Å². The van der Waals surface area contributed by atoms with Crippen LogP contribution >= 0.6 is 11.6 Å². The lowest BCUT2D eigenvalue weighted by Crippen LogP contribution is -2.26. The van der Waals surface area contributed by atoms with Gasteiger partial charge in [0.25, 0.3) is 5.56 Å². The van der Waals surface area contributed by atoms with Crippen LogP contribution in [0.2, 0.25) is 5.02 Å². The second-order valence-electron chi connectivity index (χ2n) is 4.87. The third-order valence-corrected chi connectivity index (χ3v) is 3.26. The molecular formula is C13H18ClN5O. The summed E-state index contributed by atoms with van der Waals surface area (Å²) < 4.78 is 3.12. The van der Waals surface area contributed by atoms with E-state index in [1.807, 2.05) is 33.2 Å². The lowest BCUT2D eigenvalue weighted by molar-refractivity contribution is 0.503. The summed E-state index contributed by atoms with van der Waals surface area (Å²) in [6.45, 7) is 4.42. The van der Waals surface area contributed by atoms with Gasteiger partial charge in [0.05, 0.1) is 23.6 Å². The monoisotopic (exact) mass is 295 g/mol. The Labute approximate surface area is 122 Å². The molecule has 2 aromatic rings. The van der Waals surface area contributed by atoms with Gasteiger partial charge in [-0.3, -0.25) is 9.48 Å². The Kier molecular flexibility index (Phi) is 4.44. The van der Waals surface area contributed by atoms with Crippen LogP contribution in [0.4, 0.5) is 5.69 Å². The largest absolute Gasteiger partial charge is 0.382 e. The van der Waals surface area contributed by atoms with E-state index in [1.54, 1.807) is 10.9 Å². The van der Waals surface area contributed by atoms with Crippen LogP contribution in [0.3, 0.4) is 0 Å². The van der Waals surface area contributed by atoms with Crippen LogP contribution in [-0.2, 0) is 13.5 Å². The van der Waals surface area contributed by atoms with Gasteiger partial charge < -0.3 is 5.32 Å². The summed E-state index contributed by atoms with van der Waals surface area (Å²) in [4.78, 5) is 12.0. The van der Waals surface area contributed by atoms with Crippen LogP contribution < -0.4 is 10.9 Å². The summed E-state index contributed by atoms with van der Waals surface area (Å²) in [6.07, 6.45) is 4.24. The molecule has 1 N–H and O–H groups in total. The molecule has 0 atom stereocenters. The SMILES string of the molecule is CC(C)n1ncc(NCCc2ccn(C)n2)c(Cl)c1=O. The second kappa shape index (κ2) is 6.09. The van der Waals surface area contributed by atoms with Crippen molar-refractivity contribution in [3.05, 3.63) is 39.5 Å². The molecule has 0 aromatic carbocycles. The number of nitrogens with zero attached hydrogens (tertiary/aromatic N) is 4. The average Bonchev–Trinajstić information content (AvgIpc) is 2.80. The first-order chi connectivity index (χ1) is 9.49. The predicted molar refractivity (Wildman–Crippen MR) is 79.3 cm³/mol. The highest BCUT2D eigenvalue weighted by Crippen LogP contribution is 2.16. The lowest BCUT2D eigenvalue weighted by Gasteiger charge is -2.11. The van der Waals surface area contributed by atoms with Gasteiger partial charge in [0, 0.05) is 26.2 Å². The number of aryl methyl sites for hydroxylation is 1. The Morgan fingerprint density at radius 3 is 2.80 bits per heavy atom. The smallest absolute Gasteiger partial charge is 0.287 e. The van der Waals surface area contributed by atoms with Crippen LogP contribution in [-0.4, -0.2) is 26.1 Å². The zero-order valence-corrected chi connectivity index (χ0v) is 12.6. The molecule has 0 amide bonds. The molecule has 2 heterocycles. The number of hydrogen-bond donors (Lipinski definition) is 1. The number of aromatic nitrogens is 4. The minimum absolute atomic E-state index is 0.0115. The number of nitrogens with one attached hydrogen (secondary N) is 1. The third kappa shape index (κ3) is 3.19. The quantitative estimate of drug-likeness (QED) is 0.914. The molecule has 0 saturated carbocycles. The number of hydrogen-bond acceptors (Lipinski definition) is 4. The Bertz CT molecular complexity index is 646. The van der Waals surface area contributed by atoms with Gasteiger partial charge in [-0.05, 0) is 19.9 Å². The molecule has 0 radical (unpaired) electrons. The molecule has 0 saturated heterocycles. The molecule has 6 nitrogen and oxygen atoms in total. The van der Waals surface area contributed by atoms with Crippen LogP contribution in [0.1, 0.15) is 25.6 Å². The third-order valence-electron chi connectivity index (χ3n) is 2.90. The maximum atomic E-state index is 12.0. The minimum Gasteiger partial charge on any atom is -0.382 e. The highest BCUT2D eigenvalue weighted by atomic mass is 35.5. The summed E-state index contributed by atoms with van der Waals surface area (Å²) in [5.41, 5.74) is 1.27. The minimum atomic E-state index is -0.274. The molecule has 0 bridgehead atoms. The molecule has 7 heteroatoms. The van der Waals surface area contributed by atoms with Crippen molar-refractivity contribution in [3.63, 3.8) is 0 Å². The summed E-state index contributed by atoms with van der Waals surface area (Å²) in [5.74, 6) is 0. The summed E-state index contributed by atoms with van der Waals surface area (Å²) >= 11 is 6.07. The molecular weight excluding hydrogens is 278 g/mol. The van der Waals surface area contributed by atoms with E-state index in [0.717, 1.165) is 12.1 Å². The van der Waals surface area contributed by atoms with Crippen LogP contribution in [0.5, 0.6) is 0 Å². The molecule has 20 heavy (non-hydrogen) atoms. The van der Waals surface area contributed by atoms with Crippen LogP contribution in [0.15, 0.2) is 23.3 Å². The van der Waals surface area contributed by atoms with Gasteiger partial charge in [0.15, 0.2) is 0 Å². The number of anilines is 1. The highest BCUT2D eigenvalue weighted by molar-refractivity contribution is 6.32. The average molecular weight is 296 g/mol. The molecule has 0 fully saturated rings. The highest BCUT2D eigenvalue weighted by Gasteiger charge is 2.10. The summed E-state index contributed by atoms with van der Waals surface area (Å²) in [7, 11) is 1.88. The van der Waals surface area contributed by atoms with E-state index in [1.165, 1.54) is 4.68 Å². The molecule has 0 unspecified atom stereocenters. The van der Waals surface area contributed by atoms with Gasteiger partial charge in [-0.2, -0.15) is 10.2 Å². The van der Waals surface area contributed by atoms with Crippen molar-refractivity contribution in [1.82, 2.24) is 19.6 Å². The molecule has 2 rings (SSSR count). The van der Waals surface area contributed by atoms with Crippen LogP contribution in [0.25, 0.3) is 0 Å². The molecule has 0 aliphatic carbocycles. The van der Waals surface area contributed by atoms with Crippen molar-refractivity contribution in [2.45, 2.75) is 26.3 Å². The van der Waals surface area contributed by atoms with E-state index in [4.69, 9.17) is 11.6 Å². The fraction of sp³-hybridized carbons (Fsp3) is 0.462. The number of rotatable bonds is 5. The molecule has 0 aliphatic heterocycles. The van der Waals surface area contributed by atoms with Crippen molar-refractivity contribution >= 4 is 17.3 Å². The van der Waals surface area contributed by atoms with Crippen molar-refractivity contribution in [2.75, 3.05) is 11.9 Å². The Balaban J connectivity index is 2.03. The Hall–Kier alpha value is -1.82. The molecule has 0 spiro atoms. The fourth-order valence-electron chi connectivity index (χ4n) is 1.86. The first-order valence-electron chi connectivity index (χ1n) is 6.48. The molecule has 2 aromatic heterocycles.